The molecule has 37 heavy (non-hydrogen) atoms. The van der Waals surface area contributed by atoms with Gasteiger partial charge in [0.25, 0.3) is 0 Å². The van der Waals surface area contributed by atoms with E-state index in [1.165, 1.54) is 0 Å². The van der Waals surface area contributed by atoms with Gasteiger partial charge in [0.2, 0.25) is 0 Å². The Bertz CT molecular complexity index is 509. The third kappa shape index (κ3) is 16.9. The van der Waals surface area contributed by atoms with E-state index in [9.17, 15) is 0 Å². The molecule has 220 valence electrons. The summed E-state index contributed by atoms with van der Waals surface area (Å²) in [6.45, 7) is 8.10. The van der Waals surface area contributed by atoms with Crippen molar-refractivity contribution in [3.63, 3.8) is 0 Å². The molecule has 2 heterocycles. The van der Waals surface area contributed by atoms with Crippen LogP contribution in [0, 0.1) is 0 Å². The topological polar surface area (TPSA) is 154 Å². The second-order valence-corrected chi connectivity index (χ2v) is 8.41. The van der Waals surface area contributed by atoms with Gasteiger partial charge in [0.15, 0.2) is 0 Å². The fraction of sp³-hybridized carbons (Fsp3) is 1.00. The van der Waals surface area contributed by atoms with E-state index in [4.69, 9.17) is 63.6 Å². The Morgan fingerprint density at radius 3 is 1.16 bits per heavy atom. The van der Waals surface area contributed by atoms with Crippen molar-refractivity contribution in [3.8, 4) is 0 Å². The van der Waals surface area contributed by atoms with Gasteiger partial charge in [-0.05, 0) is 0 Å². The normalized spacial score (nSPS) is 31.3. The van der Waals surface area contributed by atoms with E-state index < -0.39 is 12.2 Å². The Labute approximate surface area is 220 Å². The summed E-state index contributed by atoms with van der Waals surface area (Å²) < 4.78 is 63.4. The van der Waals surface area contributed by atoms with Crippen LogP contribution in [0.1, 0.15) is 0 Å². The zero-order valence-electron chi connectivity index (χ0n) is 22.1. The molecule has 2 rings (SSSR count). The highest BCUT2D eigenvalue weighted by molar-refractivity contribution is 4.72. The lowest BCUT2D eigenvalue weighted by Crippen LogP contribution is -2.42. The predicted octanol–water partition coefficient (Wildman–Crippen LogP) is -1.41. The van der Waals surface area contributed by atoms with Gasteiger partial charge in [0.05, 0.1) is 131 Å². The molecule has 2 aliphatic heterocycles. The van der Waals surface area contributed by atoms with Crippen molar-refractivity contribution < 1.29 is 52.1 Å². The number of hydrogen-bond donors (Lipinski definition) is 2. The van der Waals surface area contributed by atoms with Crippen molar-refractivity contribution in [3.05, 3.63) is 0 Å². The van der Waals surface area contributed by atoms with Gasteiger partial charge in [-0.25, -0.2) is 0 Å². The average molecular weight is 541 g/mol. The molecule has 4 atom stereocenters. The summed E-state index contributed by atoms with van der Waals surface area (Å²) in [6.07, 6.45) is -1.24. The standard InChI is InChI=1S/C24H48N2O11/c25-15-21-17-31-6-5-30-9-13-36-23(19-32-10-12-35-21)24-20-33-18-22(16-26)34-11-7-28-3-1-27-2-4-29-8-14-37-24/h21-24H,1-20,25-26H2. The zero-order chi connectivity index (χ0) is 26.2. The highest BCUT2D eigenvalue weighted by Crippen LogP contribution is 2.09. The highest BCUT2D eigenvalue weighted by atomic mass is 16.6. The van der Waals surface area contributed by atoms with Crippen molar-refractivity contribution in [2.75, 3.05) is 132 Å². The van der Waals surface area contributed by atoms with Crippen molar-refractivity contribution in [2.45, 2.75) is 24.4 Å². The molecule has 2 fully saturated rings. The van der Waals surface area contributed by atoms with E-state index in [0.717, 1.165) is 0 Å². The Balaban J connectivity index is 1.93. The lowest BCUT2D eigenvalue weighted by Gasteiger charge is -2.28. The van der Waals surface area contributed by atoms with E-state index in [1.54, 1.807) is 0 Å². The summed E-state index contributed by atoms with van der Waals surface area (Å²) in [7, 11) is 0. The maximum absolute atomic E-state index is 6.12. The largest absolute Gasteiger partial charge is 0.377 e. The van der Waals surface area contributed by atoms with Crippen LogP contribution in [0.15, 0.2) is 0 Å². The lowest BCUT2D eigenvalue weighted by molar-refractivity contribution is -0.146. The molecule has 0 amide bonds. The molecule has 4 N–H and O–H groups in total. The van der Waals surface area contributed by atoms with Crippen molar-refractivity contribution in [2.24, 2.45) is 11.5 Å². The number of ether oxygens (including phenoxy) is 11. The first-order chi connectivity index (χ1) is 18.3. The van der Waals surface area contributed by atoms with Gasteiger partial charge in [-0.1, -0.05) is 0 Å². The Kier molecular flexibility index (Phi) is 20.7. The second kappa shape index (κ2) is 23.4. The van der Waals surface area contributed by atoms with E-state index in [2.05, 4.69) is 0 Å². The number of hydrogen-bond acceptors (Lipinski definition) is 13. The molecule has 0 radical (unpaired) electrons. The number of rotatable bonds is 3. The van der Waals surface area contributed by atoms with Gasteiger partial charge in [0.1, 0.15) is 12.2 Å². The third-order valence-corrected chi connectivity index (χ3v) is 5.51. The van der Waals surface area contributed by atoms with Crippen LogP contribution in [0.3, 0.4) is 0 Å². The fourth-order valence-electron chi connectivity index (χ4n) is 3.45. The van der Waals surface area contributed by atoms with Gasteiger partial charge in [-0.15, -0.1) is 0 Å². The van der Waals surface area contributed by atoms with Crippen LogP contribution in [-0.4, -0.2) is 156 Å². The van der Waals surface area contributed by atoms with Crippen LogP contribution in [0.2, 0.25) is 0 Å². The summed E-state index contributed by atoms with van der Waals surface area (Å²) in [5.41, 5.74) is 11.6. The average Bonchev–Trinajstić information content (AvgIpc) is 2.92. The van der Waals surface area contributed by atoms with Crippen molar-refractivity contribution >= 4 is 0 Å². The molecule has 0 spiro atoms. The molecular formula is C24H48N2O11. The number of nitrogens with two attached hydrogens (primary N) is 2. The zero-order valence-corrected chi connectivity index (χ0v) is 22.1. The molecule has 13 nitrogen and oxygen atoms in total. The molecule has 2 aliphatic rings. The maximum atomic E-state index is 6.12. The molecule has 0 aliphatic carbocycles. The summed E-state index contributed by atoms with van der Waals surface area (Å²) in [6, 6.07) is 0. The van der Waals surface area contributed by atoms with Crippen LogP contribution in [0.5, 0.6) is 0 Å². The minimum Gasteiger partial charge on any atom is -0.377 e. The molecule has 0 bridgehead atoms. The summed E-state index contributed by atoms with van der Waals surface area (Å²) in [5.74, 6) is 0. The minimum absolute atomic E-state index is 0.186. The first-order valence-electron chi connectivity index (χ1n) is 13.2. The van der Waals surface area contributed by atoms with Crippen LogP contribution >= 0.6 is 0 Å². The Morgan fingerprint density at radius 1 is 0.351 bits per heavy atom. The lowest BCUT2D eigenvalue weighted by atomic mass is 10.2. The smallest absolute Gasteiger partial charge is 0.109 e. The molecule has 0 aromatic heterocycles. The van der Waals surface area contributed by atoms with E-state index in [0.29, 0.717) is 125 Å². The van der Waals surface area contributed by atoms with Gasteiger partial charge in [0, 0.05) is 13.1 Å². The Morgan fingerprint density at radius 2 is 0.676 bits per heavy atom. The van der Waals surface area contributed by atoms with Crippen LogP contribution in [0.4, 0.5) is 0 Å². The maximum Gasteiger partial charge on any atom is 0.109 e. The molecular weight excluding hydrogens is 492 g/mol. The predicted molar refractivity (Wildman–Crippen MR) is 133 cm³/mol. The summed E-state index contributed by atoms with van der Waals surface area (Å²) in [4.78, 5) is 0. The quantitative estimate of drug-likeness (QED) is 0.431. The van der Waals surface area contributed by atoms with Crippen LogP contribution < -0.4 is 11.5 Å². The summed E-state index contributed by atoms with van der Waals surface area (Å²) >= 11 is 0. The first-order valence-corrected chi connectivity index (χ1v) is 13.2. The summed E-state index contributed by atoms with van der Waals surface area (Å²) in [5, 5.41) is 0. The highest BCUT2D eigenvalue weighted by Gasteiger charge is 2.25. The van der Waals surface area contributed by atoms with Gasteiger partial charge < -0.3 is 63.6 Å². The van der Waals surface area contributed by atoms with Gasteiger partial charge in [-0.2, -0.15) is 0 Å². The fourth-order valence-corrected chi connectivity index (χ4v) is 3.45. The minimum atomic E-state index is -0.405. The Hall–Kier alpha value is -0.520. The molecule has 2 saturated heterocycles. The monoisotopic (exact) mass is 540 g/mol. The third-order valence-electron chi connectivity index (χ3n) is 5.51. The molecule has 0 saturated carbocycles. The van der Waals surface area contributed by atoms with E-state index >= 15 is 0 Å². The first kappa shape index (κ1) is 32.7. The molecule has 13 heteroatoms. The van der Waals surface area contributed by atoms with Gasteiger partial charge >= 0.3 is 0 Å². The van der Waals surface area contributed by atoms with Crippen molar-refractivity contribution in [1.29, 1.82) is 0 Å². The van der Waals surface area contributed by atoms with E-state index in [1.807, 2.05) is 0 Å². The van der Waals surface area contributed by atoms with Crippen LogP contribution in [0.25, 0.3) is 0 Å². The van der Waals surface area contributed by atoms with Gasteiger partial charge in [-0.3, -0.25) is 0 Å². The molecule has 0 aromatic carbocycles. The van der Waals surface area contributed by atoms with Crippen LogP contribution in [-0.2, 0) is 52.1 Å². The van der Waals surface area contributed by atoms with Crippen molar-refractivity contribution in [1.82, 2.24) is 0 Å². The SMILES string of the molecule is NCC1COCCOCCOC(C2COCC(CN)OCCOCCOCCOCCO2)COCCO1. The molecule has 0 aromatic rings. The molecule has 4 unspecified atom stereocenters. The second-order valence-electron chi connectivity index (χ2n) is 8.41. The van der Waals surface area contributed by atoms with E-state index in [-0.39, 0.29) is 18.8 Å².